The van der Waals surface area contributed by atoms with Gasteiger partial charge in [0, 0.05) is 5.54 Å². The largest absolute Gasteiger partial charge is 0.481 e. The van der Waals surface area contributed by atoms with E-state index in [9.17, 15) is 9.90 Å². The number of nitrogens with zero attached hydrogens (tertiary/aromatic N) is 3. The molecule has 0 aliphatic heterocycles. The summed E-state index contributed by atoms with van der Waals surface area (Å²) in [6, 6.07) is 0. The van der Waals surface area contributed by atoms with Crippen LogP contribution in [-0.2, 0) is 11.3 Å². The fourth-order valence-corrected chi connectivity index (χ4v) is 2.96. The molecule has 0 bridgehead atoms. The number of rotatable bonds is 5. The molecule has 1 saturated carbocycles. The molecule has 19 heavy (non-hydrogen) atoms. The summed E-state index contributed by atoms with van der Waals surface area (Å²) < 4.78 is 5.13. The van der Waals surface area contributed by atoms with E-state index in [2.05, 4.69) is 15.0 Å². The molecular formula is C13H21N3O3. The molecule has 0 amide bonds. The lowest BCUT2D eigenvalue weighted by Crippen LogP contribution is -2.49. The topological polar surface area (TPSA) is 79.5 Å². The van der Waals surface area contributed by atoms with Crippen LogP contribution in [0, 0.1) is 6.92 Å². The molecule has 1 aliphatic rings. The number of aromatic nitrogens is 2. The van der Waals surface area contributed by atoms with E-state index >= 15 is 0 Å². The van der Waals surface area contributed by atoms with E-state index in [-0.39, 0.29) is 12.0 Å². The number of hydrogen-bond acceptors (Lipinski definition) is 5. The number of carboxylic acid groups (broad SMARTS) is 1. The van der Waals surface area contributed by atoms with Crippen molar-refractivity contribution in [2.24, 2.45) is 0 Å². The van der Waals surface area contributed by atoms with E-state index in [4.69, 9.17) is 4.52 Å². The summed E-state index contributed by atoms with van der Waals surface area (Å²) >= 11 is 0. The number of carbonyl (C=O) groups is 1. The van der Waals surface area contributed by atoms with Crippen LogP contribution in [0.5, 0.6) is 0 Å². The van der Waals surface area contributed by atoms with Crippen LogP contribution >= 0.6 is 0 Å². The van der Waals surface area contributed by atoms with Gasteiger partial charge in [-0.2, -0.15) is 4.98 Å². The summed E-state index contributed by atoms with van der Waals surface area (Å²) in [5.41, 5.74) is -0.271. The zero-order valence-corrected chi connectivity index (χ0v) is 11.6. The molecule has 0 aromatic carbocycles. The Hall–Kier alpha value is -1.43. The average molecular weight is 267 g/mol. The molecular weight excluding hydrogens is 246 g/mol. The van der Waals surface area contributed by atoms with Gasteiger partial charge in [-0.05, 0) is 26.8 Å². The lowest BCUT2D eigenvalue weighted by atomic mass is 9.78. The van der Waals surface area contributed by atoms with Gasteiger partial charge in [-0.1, -0.05) is 24.4 Å². The van der Waals surface area contributed by atoms with E-state index in [1.807, 2.05) is 7.05 Å². The Labute approximate surface area is 112 Å². The molecule has 0 unspecified atom stereocenters. The molecule has 2 rings (SSSR count). The summed E-state index contributed by atoms with van der Waals surface area (Å²) in [5.74, 6) is 0.421. The number of carboxylic acids is 1. The highest BCUT2D eigenvalue weighted by Crippen LogP contribution is 2.36. The van der Waals surface area contributed by atoms with Crippen molar-refractivity contribution in [2.45, 2.75) is 57.5 Å². The van der Waals surface area contributed by atoms with Gasteiger partial charge in [-0.25, -0.2) is 0 Å². The summed E-state index contributed by atoms with van der Waals surface area (Å²) in [4.78, 5) is 17.4. The van der Waals surface area contributed by atoms with Gasteiger partial charge in [0.05, 0.1) is 13.0 Å². The molecule has 0 saturated heterocycles. The van der Waals surface area contributed by atoms with Gasteiger partial charge >= 0.3 is 5.97 Å². The minimum Gasteiger partial charge on any atom is -0.481 e. The van der Waals surface area contributed by atoms with Crippen molar-refractivity contribution in [2.75, 3.05) is 7.05 Å². The first kappa shape index (κ1) is 14.0. The van der Waals surface area contributed by atoms with Gasteiger partial charge in [0.25, 0.3) is 0 Å². The quantitative estimate of drug-likeness (QED) is 0.878. The molecule has 6 nitrogen and oxygen atoms in total. The third-order valence-corrected chi connectivity index (χ3v) is 4.02. The zero-order chi connectivity index (χ0) is 13.9. The molecule has 0 radical (unpaired) electrons. The number of aryl methyl sites for hydroxylation is 1. The van der Waals surface area contributed by atoms with Gasteiger partial charge in [0.15, 0.2) is 5.82 Å². The Morgan fingerprint density at radius 2 is 2.11 bits per heavy atom. The van der Waals surface area contributed by atoms with Gasteiger partial charge in [-0.3, -0.25) is 9.69 Å². The van der Waals surface area contributed by atoms with E-state index in [1.54, 1.807) is 6.92 Å². The van der Waals surface area contributed by atoms with Crippen LogP contribution in [0.2, 0.25) is 0 Å². The Balaban J connectivity index is 2.10. The maximum Gasteiger partial charge on any atom is 0.305 e. The standard InChI is InChI=1S/C13H21N3O3/c1-10-14-11(19-15-10)9-16(2)13(8-12(17)18)6-4-3-5-7-13/h3-9H2,1-2H3,(H,17,18). The predicted molar refractivity (Wildman–Crippen MR) is 68.6 cm³/mol. The molecule has 1 heterocycles. The van der Waals surface area contributed by atoms with Crippen molar-refractivity contribution in [3.8, 4) is 0 Å². The normalized spacial score (nSPS) is 18.7. The Bertz CT molecular complexity index is 438. The molecule has 0 spiro atoms. The maximum atomic E-state index is 11.2. The number of hydrogen-bond donors (Lipinski definition) is 1. The van der Waals surface area contributed by atoms with Crippen LogP contribution in [-0.4, -0.2) is 38.7 Å². The molecule has 106 valence electrons. The molecule has 1 aliphatic carbocycles. The second-order valence-corrected chi connectivity index (χ2v) is 5.45. The van der Waals surface area contributed by atoms with E-state index in [0.29, 0.717) is 18.3 Å². The SMILES string of the molecule is Cc1noc(CN(C)C2(CC(=O)O)CCCCC2)n1. The van der Waals surface area contributed by atoms with Crippen LogP contribution in [0.25, 0.3) is 0 Å². The minimum atomic E-state index is -0.740. The molecule has 0 atom stereocenters. The van der Waals surface area contributed by atoms with Crippen LogP contribution in [0.1, 0.15) is 50.2 Å². The fraction of sp³-hybridized carbons (Fsp3) is 0.769. The summed E-state index contributed by atoms with van der Waals surface area (Å²) in [6.45, 7) is 2.29. The first-order chi connectivity index (χ1) is 9.02. The first-order valence-electron chi connectivity index (χ1n) is 6.74. The first-order valence-corrected chi connectivity index (χ1v) is 6.74. The predicted octanol–water partition coefficient (Wildman–Crippen LogP) is 1.99. The van der Waals surface area contributed by atoms with Gasteiger partial charge < -0.3 is 9.63 Å². The van der Waals surface area contributed by atoms with Crippen LogP contribution in [0.3, 0.4) is 0 Å². The second-order valence-electron chi connectivity index (χ2n) is 5.45. The Morgan fingerprint density at radius 3 is 2.63 bits per heavy atom. The van der Waals surface area contributed by atoms with Gasteiger partial charge in [-0.15, -0.1) is 0 Å². The monoisotopic (exact) mass is 267 g/mol. The van der Waals surface area contributed by atoms with Crippen molar-refractivity contribution in [1.82, 2.24) is 15.0 Å². The van der Waals surface area contributed by atoms with Gasteiger partial charge in [0.2, 0.25) is 5.89 Å². The molecule has 6 heteroatoms. The summed E-state index contributed by atoms with van der Waals surface area (Å²) in [7, 11) is 1.95. The Kier molecular flexibility index (Phi) is 4.19. The van der Waals surface area contributed by atoms with E-state index < -0.39 is 5.97 Å². The van der Waals surface area contributed by atoms with Crippen LogP contribution < -0.4 is 0 Å². The highest BCUT2D eigenvalue weighted by molar-refractivity contribution is 5.68. The Morgan fingerprint density at radius 1 is 1.42 bits per heavy atom. The zero-order valence-electron chi connectivity index (χ0n) is 11.6. The number of aliphatic carboxylic acids is 1. The van der Waals surface area contributed by atoms with Crippen molar-refractivity contribution >= 4 is 5.97 Å². The van der Waals surface area contributed by atoms with E-state index in [1.165, 1.54) is 6.42 Å². The van der Waals surface area contributed by atoms with Crippen LogP contribution in [0.15, 0.2) is 4.52 Å². The highest BCUT2D eigenvalue weighted by Gasteiger charge is 2.38. The highest BCUT2D eigenvalue weighted by atomic mass is 16.5. The lowest BCUT2D eigenvalue weighted by Gasteiger charge is -2.43. The van der Waals surface area contributed by atoms with E-state index in [0.717, 1.165) is 25.7 Å². The third-order valence-electron chi connectivity index (χ3n) is 4.02. The fourth-order valence-electron chi connectivity index (χ4n) is 2.96. The molecule has 1 N–H and O–H groups in total. The maximum absolute atomic E-state index is 11.2. The van der Waals surface area contributed by atoms with Crippen LogP contribution in [0.4, 0.5) is 0 Å². The van der Waals surface area contributed by atoms with Gasteiger partial charge in [0.1, 0.15) is 0 Å². The second kappa shape index (κ2) is 5.69. The van der Waals surface area contributed by atoms with Crippen molar-refractivity contribution < 1.29 is 14.4 Å². The third kappa shape index (κ3) is 3.32. The summed E-state index contributed by atoms with van der Waals surface area (Å²) in [6.07, 6.45) is 5.37. The molecule has 1 aromatic rings. The summed E-state index contributed by atoms with van der Waals surface area (Å²) in [5, 5.41) is 12.9. The van der Waals surface area contributed by atoms with Crippen molar-refractivity contribution in [3.63, 3.8) is 0 Å². The minimum absolute atomic E-state index is 0.177. The smallest absolute Gasteiger partial charge is 0.305 e. The molecule has 1 aromatic heterocycles. The van der Waals surface area contributed by atoms with Crippen molar-refractivity contribution in [1.29, 1.82) is 0 Å². The molecule has 1 fully saturated rings. The average Bonchev–Trinajstić information content (AvgIpc) is 2.75. The lowest BCUT2D eigenvalue weighted by molar-refractivity contribution is -0.141. The van der Waals surface area contributed by atoms with Crippen molar-refractivity contribution in [3.05, 3.63) is 11.7 Å².